The molecule has 0 heterocycles. The van der Waals surface area contributed by atoms with Crippen LogP contribution in [0.1, 0.15) is 25.3 Å². The van der Waals surface area contributed by atoms with Crippen molar-refractivity contribution in [3.63, 3.8) is 0 Å². The molecule has 18 heavy (non-hydrogen) atoms. The van der Waals surface area contributed by atoms with E-state index in [0.717, 1.165) is 23.7 Å². The third-order valence-corrected chi connectivity index (χ3v) is 3.63. The minimum atomic E-state index is -0.576. The molecule has 1 aliphatic rings. The lowest BCUT2D eigenvalue weighted by Crippen LogP contribution is -2.39. The lowest BCUT2D eigenvalue weighted by atomic mass is 9.93. The minimum Gasteiger partial charge on any atom is -0.378 e. The number of anilines is 1. The van der Waals surface area contributed by atoms with Crippen molar-refractivity contribution in [1.29, 1.82) is 5.26 Å². The summed E-state index contributed by atoms with van der Waals surface area (Å²) >= 11 is 0. The molecule has 1 aliphatic carbocycles. The molecule has 0 spiro atoms. The van der Waals surface area contributed by atoms with Crippen LogP contribution in [0.25, 0.3) is 0 Å². The van der Waals surface area contributed by atoms with Gasteiger partial charge in [0.2, 0.25) is 0 Å². The van der Waals surface area contributed by atoms with E-state index in [2.05, 4.69) is 28.4 Å². The van der Waals surface area contributed by atoms with Gasteiger partial charge in [-0.05, 0) is 49.9 Å². The van der Waals surface area contributed by atoms with E-state index in [-0.39, 0.29) is 0 Å². The molecule has 0 aromatic heterocycles. The third kappa shape index (κ3) is 2.83. The first kappa shape index (κ1) is 12.9. The van der Waals surface area contributed by atoms with Gasteiger partial charge in [-0.15, -0.1) is 0 Å². The van der Waals surface area contributed by atoms with Crippen LogP contribution in [0.4, 0.5) is 5.69 Å². The van der Waals surface area contributed by atoms with Gasteiger partial charge in [0.05, 0.1) is 6.07 Å². The zero-order chi connectivity index (χ0) is 13.2. The Hall–Kier alpha value is -1.53. The molecule has 3 nitrogen and oxygen atoms in total. The zero-order valence-corrected chi connectivity index (χ0v) is 11.4. The summed E-state index contributed by atoms with van der Waals surface area (Å²) in [6.45, 7) is 2.90. The monoisotopic (exact) mass is 243 g/mol. The van der Waals surface area contributed by atoms with E-state index < -0.39 is 5.54 Å². The smallest absolute Gasteiger partial charge is 0.129 e. The maximum atomic E-state index is 9.43. The Morgan fingerprint density at radius 1 is 1.33 bits per heavy atom. The van der Waals surface area contributed by atoms with Gasteiger partial charge in [-0.3, -0.25) is 5.32 Å². The molecule has 0 aliphatic heterocycles. The second-order valence-corrected chi connectivity index (χ2v) is 5.50. The molecule has 1 aromatic rings. The van der Waals surface area contributed by atoms with Gasteiger partial charge in [0, 0.05) is 19.8 Å². The van der Waals surface area contributed by atoms with E-state index in [9.17, 15) is 5.26 Å². The number of hydrogen-bond donors (Lipinski definition) is 1. The van der Waals surface area contributed by atoms with E-state index in [1.807, 2.05) is 33.2 Å². The van der Waals surface area contributed by atoms with Gasteiger partial charge < -0.3 is 4.90 Å². The third-order valence-electron chi connectivity index (χ3n) is 3.63. The fourth-order valence-electron chi connectivity index (χ4n) is 1.97. The standard InChI is InChI=1S/C15H21N3/c1-15(11-16,17-10-12-4-5-12)13-6-8-14(9-7-13)18(2)3/h6-9,12,17H,4-5,10H2,1-3H3. The molecule has 1 saturated carbocycles. The number of nitriles is 1. The maximum Gasteiger partial charge on any atom is 0.129 e. The van der Waals surface area contributed by atoms with Crippen molar-refractivity contribution in [2.24, 2.45) is 5.92 Å². The van der Waals surface area contributed by atoms with Crippen LogP contribution in [0.15, 0.2) is 24.3 Å². The molecule has 0 bridgehead atoms. The highest BCUT2D eigenvalue weighted by Crippen LogP contribution is 2.30. The van der Waals surface area contributed by atoms with Gasteiger partial charge in [0.25, 0.3) is 0 Å². The van der Waals surface area contributed by atoms with Crippen molar-refractivity contribution in [1.82, 2.24) is 5.32 Å². The predicted octanol–water partition coefficient (Wildman–Crippen LogP) is 2.49. The highest BCUT2D eigenvalue weighted by molar-refractivity contribution is 5.48. The summed E-state index contributed by atoms with van der Waals surface area (Å²) in [5.74, 6) is 0.777. The first-order valence-electron chi connectivity index (χ1n) is 6.49. The van der Waals surface area contributed by atoms with E-state index >= 15 is 0 Å². The van der Waals surface area contributed by atoms with Crippen LogP contribution in [0.3, 0.4) is 0 Å². The lowest BCUT2D eigenvalue weighted by Gasteiger charge is -2.24. The Labute approximate surface area is 109 Å². The number of nitrogens with zero attached hydrogens (tertiary/aromatic N) is 2. The lowest BCUT2D eigenvalue weighted by molar-refractivity contribution is 0.453. The van der Waals surface area contributed by atoms with E-state index in [1.165, 1.54) is 12.8 Å². The molecule has 1 aromatic carbocycles. The van der Waals surface area contributed by atoms with Gasteiger partial charge >= 0.3 is 0 Å². The summed E-state index contributed by atoms with van der Waals surface area (Å²) in [6.07, 6.45) is 2.60. The first-order chi connectivity index (χ1) is 8.55. The summed E-state index contributed by atoms with van der Waals surface area (Å²) in [6, 6.07) is 10.6. The Kier molecular flexibility index (Phi) is 3.58. The van der Waals surface area contributed by atoms with Crippen LogP contribution < -0.4 is 10.2 Å². The molecule has 1 atom stereocenters. The highest BCUT2D eigenvalue weighted by atomic mass is 15.1. The van der Waals surface area contributed by atoms with Crippen LogP contribution in [-0.4, -0.2) is 20.6 Å². The number of benzene rings is 1. The summed E-state index contributed by atoms with van der Waals surface area (Å²) in [4.78, 5) is 2.06. The Morgan fingerprint density at radius 2 is 1.94 bits per heavy atom. The first-order valence-corrected chi connectivity index (χ1v) is 6.49. The Morgan fingerprint density at radius 3 is 2.39 bits per heavy atom. The number of nitrogens with one attached hydrogen (secondary N) is 1. The Balaban J connectivity index is 2.12. The van der Waals surface area contributed by atoms with E-state index in [0.29, 0.717) is 0 Å². The van der Waals surface area contributed by atoms with Crippen molar-refractivity contribution in [2.75, 3.05) is 25.5 Å². The SMILES string of the molecule is CN(C)c1ccc(C(C)(C#N)NCC2CC2)cc1. The molecule has 1 unspecified atom stereocenters. The minimum absolute atomic E-state index is 0.576. The normalized spacial score (nSPS) is 17.9. The summed E-state index contributed by atoms with van der Waals surface area (Å²) < 4.78 is 0. The average molecular weight is 243 g/mol. The van der Waals surface area contributed by atoms with Gasteiger partial charge in [0.1, 0.15) is 5.54 Å². The average Bonchev–Trinajstić information content (AvgIpc) is 3.20. The van der Waals surface area contributed by atoms with Gasteiger partial charge in [-0.2, -0.15) is 5.26 Å². The highest BCUT2D eigenvalue weighted by Gasteiger charge is 2.29. The summed E-state index contributed by atoms with van der Waals surface area (Å²) in [7, 11) is 4.04. The fourth-order valence-corrected chi connectivity index (χ4v) is 1.97. The molecule has 1 fully saturated rings. The quantitative estimate of drug-likeness (QED) is 0.863. The second kappa shape index (κ2) is 4.99. The van der Waals surface area contributed by atoms with Crippen molar-refractivity contribution < 1.29 is 0 Å². The van der Waals surface area contributed by atoms with Crippen LogP contribution in [0.5, 0.6) is 0 Å². The maximum absolute atomic E-state index is 9.43. The molecule has 2 rings (SSSR count). The van der Waals surface area contributed by atoms with Crippen LogP contribution in [-0.2, 0) is 5.54 Å². The van der Waals surface area contributed by atoms with Crippen molar-refractivity contribution in [2.45, 2.75) is 25.3 Å². The Bertz CT molecular complexity index is 440. The molecule has 1 N–H and O–H groups in total. The fraction of sp³-hybridized carbons (Fsp3) is 0.533. The number of hydrogen-bond acceptors (Lipinski definition) is 3. The molecule has 0 radical (unpaired) electrons. The van der Waals surface area contributed by atoms with E-state index in [4.69, 9.17) is 0 Å². The van der Waals surface area contributed by atoms with Gasteiger partial charge in [-0.1, -0.05) is 12.1 Å². The zero-order valence-electron chi connectivity index (χ0n) is 11.4. The summed E-state index contributed by atoms with van der Waals surface area (Å²) in [5.41, 5.74) is 1.62. The van der Waals surface area contributed by atoms with Gasteiger partial charge in [0.15, 0.2) is 0 Å². The molecule has 0 saturated heterocycles. The number of rotatable bonds is 5. The predicted molar refractivity (Wildman–Crippen MR) is 74.5 cm³/mol. The second-order valence-electron chi connectivity index (χ2n) is 5.50. The van der Waals surface area contributed by atoms with Crippen molar-refractivity contribution >= 4 is 5.69 Å². The van der Waals surface area contributed by atoms with Crippen LogP contribution in [0, 0.1) is 17.2 Å². The molecular weight excluding hydrogens is 222 g/mol. The molecule has 96 valence electrons. The van der Waals surface area contributed by atoms with Crippen molar-refractivity contribution in [3.8, 4) is 6.07 Å². The molecular formula is C15H21N3. The molecule has 0 amide bonds. The van der Waals surface area contributed by atoms with Crippen molar-refractivity contribution in [3.05, 3.63) is 29.8 Å². The van der Waals surface area contributed by atoms with E-state index in [1.54, 1.807) is 0 Å². The topological polar surface area (TPSA) is 39.1 Å². The van der Waals surface area contributed by atoms with Crippen LogP contribution in [0.2, 0.25) is 0 Å². The summed E-state index contributed by atoms with van der Waals surface area (Å²) in [5, 5.41) is 12.8. The molecule has 3 heteroatoms. The largest absolute Gasteiger partial charge is 0.378 e. The van der Waals surface area contributed by atoms with Crippen LogP contribution >= 0.6 is 0 Å². The van der Waals surface area contributed by atoms with Gasteiger partial charge in [-0.25, -0.2) is 0 Å².